The van der Waals surface area contributed by atoms with Gasteiger partial charge in [0.2, 0.25) is 0 Å². The number of fused-ring (bicyclic) bond motifs is 1. The highest BCUT2D eigenvalue weighted by Gasteiger charge is 2.08. The number of nitrogens with zero attached hydrogens (tertiary/aromatic N) is 4. The van der Waals surface area contributed by atoms with Crippen LogP contribution in [0.3, 0.4) is 0 Å². The van der Waals surface area contributed by atoms with Crippen LogP contribution in [0.4, 0.5) is 4.39 Å². The number of halogens is 1. The van der Waals surface area contributed by atoms with Gasteiger partial charge in [-0.25, -0.2) is 9.37 Å². The van der Waals surface area contributed by atoms with Crippen molar-refractivity contribution in [3.63, 3.8) is 0 Å². The molecular weight excluding hydrogens is 341 g/mol. The number of aryl methyl sites for hydroxylation is 2. The topological polar surface area (TPSA) is 45.5 Å². The summed E-state index contributed by atoms with van der Waals surface area (Å²) >= 11 is 0. The van der Waals surface area contributed by atoms with E-state index in [0.717, 1.165) is 42.4 Å². The maximum atomic E-state index is 13.0. The minimum Gasteiger partial charge on any atom is -0.356 e. The van der Waals surface area contributed by atoms with E-state index >= 15 is 0 Å². The Morgan fingerprint density at radius 1 is 1.19 bits per heavy atom. The predicted octanol–water partition coefficient (Wildman–Crippen LogP) is 3.58. The van der Waals surface area contributed by atoms with E-state index in [2.05, 4.69) is 25.9 Å². The standard InChI is InChI=1S/C21H26FN5/c1-16-25-19-7-4-5-8-20(19)27(16)14-6-13-24-21(23-2)26(3)15-17-9-11-18(22)12-10-17/h4-5,7-12H,6,13-15H2,1-3H3,(H,23,24). The highest BCUT2D eigenvalue weighted by molar-refractivity contribution is 5.79. The van der Waals surface area contributed by atoms with Crippen molar-refractivity contribution in [2.45, 2.75) is 26.4 Å². The first kappa shape index (κ1) is 18.9. The van der Waals surface area contributed by atoms with Crippen molar-refractivity contribution in [3.05, 3.63) is 65.7 Å². The summed E-state index contributed by atoms with van der Waals surface area (Å²) in [5, 5.41) is 3.40. The van der Waals surface area contributed by atoms with Crippen LogP contribution < -0.4 is 5.32 Å². The Labute approximate surface area is 159 Å². The molecule has 0 amide bonds. The van der Waals surface area contributed by atoms with E-state index in [9.17, 15) is 4.39 Å². The molecule has 2 aromatic carbocycles. The molecule has 142 valence electrons. The van der Waals surface area contributed by atoms with Crippen LogP contribution in [0.5, 0.6) is 0 Å². The third-order valence-electron chi connectivity index (χ3n) is 4.59. The van der Waals surface area contributed by atoms with Gasteiger partial charge in [-0.05, 0) is 43.2 Å². The van der Waals surface area contributed by atoms with E-state index < -0.39 is 0 Å². The first-order valence-corrected chi connectivity index (χ1v) is 9.16. The third-order valence-corrected chi connectivity index (χ3v) is 4.59. The number of hydrogen-bond acceptors (Lipinski definition) is 2. The predicted molar refractivity (Wildman–Crippen MR) is 108 cm³/mol. The molecule has 3 aromatic rings. The molecule has 0 atom stereocenters. The number of rotatable bonds is 6. The fourth-order valence-electron chi connectivity index (χ4n) is 3.24. The number of aliphatic imine (C=N–C) groups is 1. The van der Waals surface area contributed by atoms with Crippen LogP contribution in [0.15, 0.2) is 53.5 Å². The Kier molecular flexibility index (Phi) is 6.06. The molecule has 0 aliphatic rings. The Morgan fingerprint density at radius 2 is 1.93 bits per heavy atom. The molecule has 1 N–H and O–H groups in total. The molecule has 27 heavy (non-hydrogen) atoms. The van der Waals surface area contributed by atoms with Crippen molar-refractivity contribution in [1.29, 1.82) is 0 Å². The molecular formula is C21H26FN5. The second kappa shape index (κ2) is 8.66. The van der Waals surface area contributed by atoms with Crippen LogP contribution in [0, 0.1) is 12.7 Å². The first-order valence-electron chi connectivity index (χ1n) is 9.16. The van der Waals surface area contributed by atoms with Crippen LogP contribution in [0.1, 0.15) is 17.8 Å². The quantitative estimate of drug-likeness (QED) is 0.411. The number of para-hydroxylation sites is 2. The molecule has 0 fully saturated rings. The highest BCUT2D eigenvalue weighted by atomic mass is 19.1. The van der Waals surface area contributed by atoms with Crippen LogP contribution >= 0.6 is 0 Å². The number of hydrogen-bond donors (Lipinski definition) is 1. The molecule has 6 heteroatoms. The summed E-state index contributed by atoms with van der Waals surface area (Å²) in [6.07, 6.45) is 0.963. The SMILES string of the molecule is CN=C(NCCCn1c(C)nc2ccccc21)N(C)Cc1ccc(F)cc1. The van der Waals surface area contributed by atoms with Gasteiger partial charge in [-0.1, -0.05) is 24.3 Å². The van der Waals surface area contributed by atoms with Gasteiger partial charge in [0, 0.05) is 33.7 Å². The molecule has 0 unspecified atom stereocenters. The molecule has 0 aliphatic heterocycles. The van der Waals surface area contributed by atoms with E-state index in [4.69, 9.17) is 0 Å². The van der Waals surface area contributed by atoms with Crippen molar-refractivity contribution < 1.29 is 4.39 Å². The Bertz CT molecular complexity index is 914. The maximum Gasteiger partial charge on any atom is 0.193 e. The zero-order valence-electron chi connectivity index (χ0n) is 16.1. The summed E-state index contributed by atoms with van der Waals surface area (Å²) in [5.41, 5.74) is 3.26. The first-order chi connectivity index (χ1) is 13.1. The fraction of sp³-hybridized carbons (Fsp3) is 0.333. The zero-order valence-corrected chi connectivity index (χ0v) is 16.1. The zero-order chi connectivity index (χ0) is 19.2. The highest BCUT2D eigenvalue weighted by Crippen LogP contribution is 2.15. The van der Waals surface area contributed by atoms with Crippen LogP contribution in [-0.4, -0.2) is 41.1 Å². The summed E-state index contributed by atoms with van der Waals surface area (Å²) in [4.78, 5) is 11.0. The lowest BCUT2D eigenvalue weighted by molar-refractivity contribution is 0.472. The van der Waals surface area contributed by atoms with Gasteiger partial charge in [-0.3, -0.25) is 4.99 Å². The van der Waals surface area contributed by atoms with Crippen molar-refractivity contribution in [3.8, 4) is 0 Å². The largest absolute Gasteiger partial charge is 0.356 e. The van der Waals surface area contributed by atoms with Crippen molar-refractivity contribution >= 4 is 17.0 Å². The monoisotopic (exact) mass is 367 g/mol. The van der Waals surface area contributed by atoms with Gasteiger partial charge in [0.1, 0.15) is 11.6 Å². The van der Waals surface area contributed by atoms with Gasteiger partial charge in [0.15, 0.2) is 5.96 Å². The molecule has 0 aliphatic carbocycles. The van der Waals surface area contributed by atoms with Gasteiger partial charge < -0.3 is 14.8 Å². The maximum absolute atomic E-state index is 13.0. The molecule has 0 saturated heterocycles. The minimum atomic E-state index is -0.216. The molecule has 0 radical (unpaired) electrons. The summed E-state index contributed by atoms with van der Waals surface area (Å²) in [6, 6.07) is 14.8. The second-order valence-electron chi connectivity index (χ2n) is 6.61. The average Bonchev–Trinajstić information content (AvgIpc) is 2.99. The number of nitrogens with one attached hydrogen (secondary N) is 1. The van der Waals surface area contributed by atoms with Crippen LogP contribution in [-0.2, 0) is 13.1 Å². The van der Waals surface area contributed by atoms with E-state index in [0.29, 0.717) is 6.54 Å². The van der Waals surface area contributed by atoms with Crippen LogP contribution in [0.2, 0.25) is 0 Å². The van der Waals surface area contributed by atoms with Crippen molar-refractivity contribution in [2.75, 3.05) is 20.6 Å². The number of aromatic nitrogens is 2. The van der Waals surface area contributed by atoms with Crippen LogP contribution in [0.25, 0.3) is 11.0 Å². The number of imidazole rings is 1. The molecule has 1 heterocycles. The normalized spacial score (nSPS) is 11.8. The number of benzene rings is 2. The number of guanidine groups is 1. The smallest absolute Gasteiger partial charge is 0.193 e. The van der Waals surface area contributed by atoms with E-state index in [1.165, 1.54) is 17.6 Å². The lowest BCUT2D eigenvalue weighted by atomic mass is 10.2. The fourth-order valence-corrected chi connectivity index (χ4v) is 3.24. The molecule has 0 saturated carbocycles. The molecule has 3 rings (SSSR count). The lowest BCUT2D eigenvalue weighted by Gasteiger charge is -2.22. The Hall–Kier alpha value is -2.89. The van der Waals surface area contributed by atoms with Gasteiger partial charge in [0.05, 0.1) is 11.0 Å². The van der Waals surface area contributed by atoms with Gasteiger partial charge in [0.25, 0.3) is 0 Å². The van der Waals surface area contributed by atoms with E-state index in [1.54, 1.807) is 19.2 Å². The summed E-state index contributed by atoms with van der Waals surface area (Å²) < 4.78 is 15.3. The summed E-state index contributed by atoms with van der Waals surface area (Å²) in [6.45, 7) is 4.43. The van der Waals surface area contributed by atoms with Gasteiger partial charge >= 0.3 is 0 Å². The van der Waals surface area contributed by atoms with Crippen molar-refractivity contribution in [1.82, 2.24) is 19.8 Å². The van der Waals surface area contributed by atoms with E-state index in [-0.39, 0.29) is 5.82 Å². The molecule has 0 bridgehead atoms. The van der Waals surface area contributed by atoms with E-state index in [1.807, 2.05) is 37.1 Å². The molecule has 0 spiro atoms. The summed E-state index contributed by atoms with van der Waals surface area (Å²) in [7, 11) is 3.75. The van der Waals surface area contributed by atoms with Crippen molar-refractivity contribution in [2.24, 2.45) is 4.99 Å². The molecule has 5 nitrogen and oxygen atoms in total. The van der Waals surface area contributed by atoms with Gasteiger partial charge in [-0.2, -0.15) is 0 Å². The molecule has 1 aromatic heterocycles. The summed E-state index contributed by atoms with van der Waals surface area (Å²) in [5.74, 6) is 1.65. The minimum absolute atomic E-state index is 0.216. The second-order valence-corrected chi connectivity index (χ2v) is 6.61. The van der Waals surface area contributed by atoms with Gasteiger partial charge in [-0.15, -0.1) is 0 Å². The average molecular weight is 367 g/mol. The Morgan fingerprint density at radius 3 is 2.67 bits per heavy atom. The lowest BCUT2D eigenvalue weighted by Crippen LogP contribution is -2.39. The Balaban J connectivity index is 1.52. The third kappa shape index (κ3) is 4.64.